The molecule has 0 fully saturated rings. The largest absolute Gasteiger partial charge is 0.383 e. The number of aryl methyl sites for hydroxylation is 1. The van der Waals surface area contributed by atoms with Crippen molar-refractivity contribution in [3.63, 3.8) is 0 Å². The molecule has 152 valence electrons. The molecule has 5 nitrogen and oxygen atoms in total. The summed E-state index contributed by atoms with van der Waals surface area (Å²) < 4.78 is 0. The van der Waals surface area contributed by atoms with Crippen LogP contribution < -0.4 is 5.73 Å². The minimum absolute atomic E-state index is 0.0868. The molecule has 2 aromatic carbocycles. The molecule has 0 radical (unpaired) electrons. The van der Waals surface area contributed by atoms with Gasteiger partial charge in [-0.2, -0.15) is 5.26 Å². The van der Waals surface area contributed by atoms with Gasteiger partial charge in [-0.05, 0) is 30.4 Å². The predicted octanol–water partition coefficient (Wildman–Crippen LogP) is 3.97. The van der Waals surface area contributed by atoms with Crippen molar-refractivity contribution >= 4 is 5.78 Å². The van der Waals surface area contributed by atoms with Gasteiger partial charge in [-0.3, -0.25) is 9.80 Å². The van der Waals surface area contributed by atoms with Gasteiger partial charge in [0.1, 0.15) is 5.82 Å². The molecule has 1 aliphatic heterocycles. The minimum Gasteiger partial charge on any atom is -0.383 e. The second-order valence-electron chi connectivity index (χ2n) is 8.22. The first-order valence-corrected chi connectivity index (χ1v) is 10.2. The molecule has 2 aromatic rings. The second kappa shape index (κ2) is 7.81. The van der Waals surface area contributed by atoms with Crippen LogP contribution in [0.2, 0.25) is 0 Å². The van der Waals surface area contributed by atoms with Crippen LogP contribution >= 0.6 is 0 Å². The number of rotatable bonds is 3. The van der Waals surface area contributed by atoms with Gasteiger partial charge in [-0.15, -0.1) is 0 Å². The maximum atomic E-state index is 13.5. The summed E-state index contributed by atoms with van der Waals surface area (Å²) in [6.45, 7) is 2.01. The highest BCUT2D eigenvalue weighted by Gasteiger charge is 2.43. The highest BCUT2D eigenvalue weighted by atomic mass is 16.1. The summed E-state index contributed by atoms with van der Waals surface area (Å²) in [5.74, 6) is 0.151. The maximum absolute atomic E-state index is 13.5. The van der Waals surface area contributed by atoms with Crippen molar-refractivity contribution in [1.29, 1.82) is 5.26 Å². The summed E-state index contributed by atoms with van der Waals surface area (Å²) >= 11 is 0. The van der Waals surface area contributed by atoms with E-state index in [-0.39, 0.29) is 11.7 Å². The van der Waals surface area contributed by atoms with E-state index in [1.807, 2.05) is 73.5 Å². The van der Waals surface area contributed by atoms with Gasteiger partial charge >= 0.3 is 0 Å². The summed E-state index contributed by atoms with van der Waals surface area (Å²) in [7, 11) is 3.77. The third-order valence-electron chi connectivity index (χ3n) is 5.99. The first-order chi connectivity index (χ1) is 14.4. The van der Waals surface area contributed by atoms with Crippen molar-refractivity contribution in [1.82, 2.24) is 10.0 Å². The molecule has 5 heteroatoms. The van der Waals surface area contributed by atoms with Crippen LogP contribution in [-0.4, -0.2) is 29.9 Å². The lowest BCUT2D eigenvalue weighted by Gasteiger charge is -2.43. The molecule has 0 amide bonds. The second-order valence-corrected chi connectivity index (χ2v) is 8.22. The molecular formula is C25H26N4O. The van der Waals surface area contributed by atoms with Crippen molar-refractivity contribution < 1.29 is 4.79 Å². The topological polar surface area (TPSA) is 73.4 Å². The number of nitrogens with zero attached hydrogens (tertiary/aromatic N) is 3. The lowest BCUT2D eigenvalue weighted by atomic mass is 9.72. The molecule has 2 N–H and O–H groups in total. The van der Waals surface area contributed by atoms with Gasteiger partial charge < -0.3 is 5.73 Å². The first-order valence-electron chi connectivity index (χ1n) is 10.2. The molecule has 0 saturated carbocycles. The van der Waals surface area contributed by atoms with E-state index < -0.39 is 5.92 Å². The van der Waals surface area contributed by atoms with Crippen LogP contribution in [0.25, 0.3) is 0 Å². The van der Waals surface area contributed by atoms with E-state index in [1.54, 1.807) is 0 Å². The van der Waals surface area contributed by atoms with Crippen LogP contribution in [0.5, 0.6) is 0 Å². The SMILES string of the molecule is Cc1cccc([C@H]2C(C#N)=C(N)N(N(C)C)C3=C2C(=O)C[C@@H](c2ccccc2)C3)c1. The van der Waals surface area contributed by atoms with E-state index in [4.69, 9.17) is 5.73 Å². The Hall–Kier alpha value is -3.36. The summed E-state index contributed by atoms with van der Waals surface area (Å²) in [5.41, 5.74) is 11.7. The van der Waals surface area contributed by atoms with Gasteiger partial charge in [-0.25, -0.2) is 5.01 Å². The van der Waals surface area contributed by atoms with Crippen LogP contribution in [0.15, 0.2) is 77.3 Å². The summed E-state index contributed by atoms with van der Waals surface area (Å²) in [5, 5.41) is 13.7. The molecule has 0 spiro atoms. The average molecular weight is 399 g/mol. The van der Waals surface area contributed by atoms with E-state index in [9.17, 15) is 10.1 Å². The van der Waals surface area contributed by atoms with E-state index in [0.29, 0.717) is 29.8 Å². The number of nitriles is 1. The van der Waals surface area contributed by atoms with Gasteiger partial charge in [0.15, 0.2) is 5.78 Å². The molecule has 0 aromatic heterocycles. The van der Waals surface area contributed by atoms with Gasteiger partial charge in [0, 0.05) is 31.8 Å². The number of ketones is 1. The van der Waals surface area contributed by atoms with E-state index in [1.165, 1.54) is 0 Å². The van der Waals surface area contributed by atoms with Crippen LogP contribution in [0, 0.1) is 18.3 Å². The number of hydrogen-bond donors (Lipinski definition) is 1. The van der Waals surface area contributed by atoms with Crippen LogP contribution in [0.1, 0.15) is 41.4 Å². The first kappa shape index (κ1) is 19.9. The molecule has 30 heavy (non-hydrogen) atoms. The van der Waals surface area contributed by atoms with Gasteiger partial charge in [0.2, 0.25) is 0 Å². The van der Waals surface area contributed by atoms with E-state index >= 15 is 0 Å². The molecule has 1 aliphatic carbocycles. The average Bonchev–Trinajstić information content (AvgIpc) is 2.73. The van der Waals surface area contributed by atoms with Crippen molar-refractivity contribution in [2.75, 3.05) is 14.1 Å². The van der Waals surface area contributed by atoms with Crippen LogP contribution in [0.4, 0.5) is 0 Å². The number of hydrazine groups is 1. The van der Waals surface area contributed by atoms with Crippen LogP contribution in [-0.2, 0) is 4.79 Å². The Balaban J connectivity index is 1.90. The molecule has 0 unspecified atom stereocenters. The number of allylic oxidation sites excluding steroid dienone is 3. The number of nitrogens with two attached hydrogens (primary N) is 1. The fourth-order valence-corrected chi connectivity index (χ4v) is 4.71. The van der Waals surface area contributed by atoms with Gasteiger partial charge in [0.25, 0.3) is 0 Å². The van der Waals surface area contributed by atoms with Crippen molar-refractivity contribution in [3.8, 4) is 6.07 Å². The number of Topliss-reactive ketones (excluding diaryl/α,β-unsaturated/α-hetero) is 1. The lowest BCUT2D eigenvalue weighted by molar-refractivity contribution is -0.117. The Labute approximate surface area is 177 Å². The maximum Gasteiger partial charge on any atom is 0.162 e. The van der Waals surface area contributed by atoms with Crippen molar-refractivity contribution in [2.24, 2.45) is 5.73 Å². The standard InChI is InChI=1S/C25H26N4O/c1-16-8-7-11-18(12-16)23-20(15-26)25(27)29(28(2)3)21-13-19(14-22(30)24(21)23)17-9-5-4-6-10-17/h4-12,19,23H,13-14,27H2,1-3H3/t19-,23-/m0/s1. The summed E-state index contributed by atoms with van der Waals surface area (Å²) in [6, 6.07) is 20.5. The number of carbonyl (C=O) groups is 1. The van der Waals surface area contributed by atoms with Crippen LogP contribution in [0.3, 0.4) is 0 Å². The zero-order valence-corrected chi connectivity index (χ0v) is 17.6. The highest BCUT2D eigenvalue weighted by molar-refractivity contribution is 6.00. The fraction of sp³-hybridized carbons (Fsp3) is 0.280. The summed E-state index contributed by atoms with van der Waals surface area (Å²) in [6.07, 6.45) is 1.13. The Bertz CT molecular complexity index is 1090. The smallest absolute Gasteiger partial charge is 0.162 e. The zero-order chi connectivity index (χ0) is 21.4. The predicted molar refractivity (Wildman–Crippen MR) is 117 cm³/mol. The minimum atomic E-state index is -0.426. The number of carbonyl (C=O) groups excluding carboxylic acids is 1. The quantitative estimate of drug-likeness (QED) is 0.847. The molecule has 1 heterocycles. The Morgan fingerprint density at radius 2 is 1.77 bits per heavy atom. The summed E-state index contributed by atoms with van der Waals surface area (Å²) in [4.78, 5) is 13.5. The molecule has 2 aliphatic rings. The van der Waals surface area contributed by atoms with E-state index in [2.05, 4.69) is 18.2 Å². The third-order valence-corrected chi connectivity index (χ3v) is 5.99. The normalized spacial score (nSPS) is 21.7. The third kappa shape index (κ3) is 3.30. The van der Waals surface area contributed by atoms with Gasteiger partial charge in [0.05, 0.1) is 17.6 Å². The van der Waals surface area contributed by atoms with E-state index in [0.717, 1.165) is 22.4 Å². The highest BCUT2D eigenvalue weighted by Crippen LogP contribution is 2.48. The molecule has 0 bridgehead atoms. The zero-order valence-electron chi connectivity index (χ0n) is 17.6. The molecule has 0 saturated heterocycles. The lowest BCUT2D eigenvalue weighted by Crippen LogP contribution is -2.46. The Morgan fingerprint density at radius 1 is 1.07 bits per heavy atom. The Morgan fingerprint density at radius 3 is 2.40 bits per heavy atom. The van der Waals surface area contributed by atoms with Crippen molar-refractivity contribution in [2.45, 2.75) is 31.6 Å². The Kier molecular flexibility index (Phi) is 5.19. The molecule has 4 rings (SSSR count). The monoisotopic (exact) mass is 398 g/mol. The number of benzene rings is 2. The number of hydrogen-bond acceptors (Lipinski definition) is 5. The van der Waals surface area contributed by atoms with Crippen molar-refractivity contribution in [3.05, 3.63) is 94.0 Å². The van der Waals surface area contributed by atoms with Gasteiger partial charge in [-0.1, -0.05) is 60.2 Å². The fourth-order valence-electron chi connectivity index (χ4n) is 4.71. The molecule has 2 atom stereocenters. The molecular weight excluding hydrogens is 372 g/mol.